The Morgan fingerprint density at radius 3 is 2.60 bits per heavy atom. The minimum atomic E-state index is 0.106. The predicted octanol–water partition coefficient (Wildman–Crippen LogP) is 2.94. The maximum Gasteiger partial charge on any atom is 0.253 e. The highest BCUT2D eigenvalue weighted by Crippen LogP contribution is 2.29. The number of hydrogen-bond donors (Lipinski definition) is 1. The number of H-pyrrole nitrogens is 1. The Morgan fingerprint density at radius 1 is 1.12 bits per heavy atom. The van der Waals surface area contributed by atoms with Crippen molar-refractivity contribution in [1.82, 2.24) is 14.8 Å². The summed E-state index contributed by atoms with van der Waals surface area (Å²) in [5.74, 6) is 0.943. The fraction of sp³-hybridized carbons (Fsp3) is 0.500. The van der Waals surface area contributed by atoms with Gasteiger partial charge in [-0.2, -0.15) is 0 Å². The Hall–Kier alpha value is -2.30. The topological polar surface area (TPSA) is 56.4 Å². The first kappa shape index (κ1) is 16.2. The molecule has 4 rings (SSSR count). The molecule has 132 valence electrons. The van der Waals surface area contributed by atoms with Gasteiger partial charge in [-0.25, -0.2) is 0 Å². The van der Waals surface area contributed by atoms with Crippen molar-refractivity contribution in [3.05, 3.63) is 35.0 Å². The molecule has 0 saturated carbocycles. The summed E-state index contributed by atoms with van der Waals surface area (Å²) in [6.07, 6.45) is 3.01. The summed E-state index contributed by atoms with van der Waals surface area (Å²) in [6.45, 7) is 6.95. The molecule has 2 aliphatic heterocycles. The van der Waals surface area contributed by atoms with Crippen LogP contribution in [0.2, 0.25) is 0 Å². The number of carbonyl (C=O) groups is 2. The fourth-order valence-corrected chi connectivity index (χ4v) is 4.01. The molecule has 0 spiro atoms. The summed E-state index contributed by atoms with van der Waals surface area (Å²) in [5, 5.41) is 1.08. The van der Waals surface area contributed by atoms with Crippen LogP contribution in [0.4, 0.5) is 0 Å². The smallest absolute Gasteiger partial charge is 0.253 e. The first-order valence-electron chi connectivity index (χ1n) is 9.21. The van der Waals surface area contributed by atoms with Crippen LogP contribution in [0.25, 0.3) is 10.9 Å². The quantitative estimate of drug-likeness (QED) is 0.868. The number of benzene rings is 1. The summed E-state index contributed by atoms with van der Waals surface area (Å²) >= 11 is 0. The summed E-state index contributed by atoms with van der Waals surface area (Å²) in [6, 6.07) is 5.94. The Labute approximate surface area is 148 Å². The van der Waals surface area contributed by atoms with E-state index in [4.69, 9.17) is 0 Å². The molecular formula is C20H25N3O2. The van der Waals surface area contributed by atoms with E-state index in [1.165, 1.54) is 11.3 Å². The molecule has 1 aromatic carbocycles. The Morgan fingerprint density at radius 2 is 1.88 bits per heavy atom. The third-order valence-electron chi connectivity index (χ3n) is 5.74. The second-order valence-electron chi connectivity index (χ2n) is 7.51. The van der Waals surface area contributed by atoms with Crippen molar-refractivity contribution in [3.8, 4) is 0 Å². The molecule has 2 aliphatic rings. The van der Waals surface area contributed by atoms with Crippen LogP contribution in [-0.4, -0.2) is 46.2 Å². The minimum Gasteiger partial charge on any atom is -0.358 e. The van der Waals surface area contributed by atoms with E-state index in [0.717, 1.165) is 55.4 Å². The van der Waals surface area contributed by atoms with Crippen molar-refractivity contribution in [2.45, 2.75) is 39.7 Å². The number of likely N-dealkylation sites (tertiary alicyclic amines) is 1. The average molecular weight is 339 g/mol. The van der Waals surface area contributed by atoms with Crippen molar-refractivity contribution < 1.29 is 9.59 Å². The molecule has 5 heteroatoms. The number of nitrogens with zero attached hydrogens (tertiary/aromatic N) is 2. The lowest BCUT2D eigenvalue weighted by molar-refractivity contribution is -0.129. The highest BCUT2D eigenvalue weighted by Gasteiger charge is 2.25. The van der Waals surface area contributed by atoms with Crippen LogP contribution in [0.1, 0.15) is 48.3 Å². The van der Waals surface area contributed by atoms with Crippen LogP contribution in [0.15, 0.2) is 18.2 Å². The molecular weight excluding hydrogens is 314 g/mol. The summed E-state index contributed by atoms with van der Waals surface area (Å²) < 4.78 is 0. The van der Waals surface area contributed by atoms with E-state index >= 15 is 0 Å². The van der Waals surface area contributed by atoms with Gasteiger partial charge in [-0.1, -0.05) is 6.92 Å². The third-order valence-corrected chi connectivity index (χ3v) is 5.74. The first-order valence-corrected chi connectivity index (χ1v) is 9.21. The van der Waals surface area contributed by atoms with Gasteiger partial charge in [0, 0.05) is 67.2 Å². The number of nitrogens with one attached hydrogen (secondary N) is 1. The van der Waals surface area contributed by atoms with E-state index in [1.807, 2.05) is 28.0 Å². The Balaban J connectivity index is 1.65. The van der Waals surface area contributed by atoms with Gasteiger partial charge in [0.25, 0.3) is 5.91 Å². The summed E-state index contributed by atoms with van der Waals surface area (Å²) in [7, 11) is 0. The van der Waals surface area contributed by atoms with Crippen LogP contribution < -0.4 is 0 Å². The molecule has 1 aromatic heterocycles. The largest absolute Gasteiger partial charge is 0.358 e. The number of aromatic amines is 1. The van der Waals surface area contributed by atoms with E-state index < -0.39 is 0 Å². The average Bonchev–Trinajstić information content (AvgIpc) is 2.98. The van der Waals surface area contributed by atoms with Crippen molar-refractivity contribution in [2.24, 2.45) is 5.92 Å². The lowest BCUT2D eigenvalue weighted by Crippen LogP contribution is -2.37. The molecule has 0 unspecified atom stereocenters. The van der Waals surface area contributed by atoms with E-state index in [9.17, 15) is 9.59 Å². The van der Waals surface area contributed by atoms with Gasteiger partial charge in [-0.15, -0.1) is 0 Å². The molecule has 2 amide bonds. The van der Waals surface area contributed by atoms with Crippen LogP contribution in [-0.2, 0) is 17.8 Å². The molecule has 0 atom stereocenters. The highest BCUT2D eigenvalue weighted by atomic mass is 16.2. The maximum absolute atomic E-state index is 12.9. The number of rotatable bonds is 1. The van der Waals surface area contributed by atoms with Gasteiger partial charge in [-0.05, 0) is 37.0 Å². The SMILES string of the molecule is CC(=O)N1CCc2[nH]c3ccc(C(=O)N4CCC(C)CC4)cc3c2C1. The summed E-state index contributed by atoms with van der Waals surface area (Å²) in [5.41, 5.74) is 4.17. The third kappa shape index (κ3) is 2.92. The van der Waals surface area contributed by atoms with Gasteiger partial charge in [0.15, 0.2) is 0 Å². The normalized spacial score (nSPS) is 18.5. The van der Waals surface area contributed by atoms with Crippen molar-refractivity contribution >= 4 is 22.7 Å². The number of piperidine rings is 1. The van der Waals surface area contributed by atoms with Crippen molar-refractivity contribution in [1.29, 1.82) is 0 Å². The first-order chi connectivity index (χ1) is 12.0. The van der Waals surface area contributed by atoms with Crippen LogP contribution in [0.5, 0.6) is 0 Å². The lowest BCUT2D eigenvalue weighted by atomic mass is 9.98. The standard InChI is InChI=1S/C20H25N3O2/c1-13-5-8-22(9-6-13)20(25)15-3-4-18-16(11-15)17-12-23(14(2)24)10-7-19(17)21-18/h3-4,11,13,21H,5-10,12H2,1-2H3. The second kappa shape index (κ2) is 6.21. The van der Waals surface area contributed by atoms with E-state index in [1.54, 1.807) is 6.92 Å². The number of fused-ring (bicyclic) bond motifs is 3. The van der Waals surface area contributed by atoms with E-state index in [2.05, 4.69) is 11.9 Å². The zero-order chi connectivity index (χ0) is 17.6. The van der Waals surface area contributed by atoms with Gasteiger partial charge in [0.1, 0.15) is 0 Å². The molecule has 25 heavy (non-hydrogen) atoms. The van der Waals surface area contributed by atoms with Gasteiger partial charge < -0.3 is 14.8 Å². The van der Waals surface area contributed by atoms with Crippen LogP contribution >= 0.6 is 0 Å². The van der Waals surface area contributed by atoms with Gasteiger partial charge >= 0.3 is 0 Å². The minimum absolute atomic E-state index is 0.106. The molecule has 3 heterocycles. The van der Waals surface area contributed by atoms with Crippen LogP contribution in [0.3, 0.4) is 0 Å². The molecule has 0 aliphatic carbocycles. The van der Waals surface area contributed by atoms with Crippen molar-refractivity contribution in [2.75, 3.05) is 19.6 Å². The number of hydrogen-bond acceptors (Lipinski definition) is 2. The maximum atomic E-state index is 12.9. The molecule has 5 nitrogen and oxygen atoms in total. The lowest BCUT2D eigenvalue weighted by Gasteiger charge is -2.30. The highest BCUT2D eigenvalue weighted by molar-refractivity contribution is 5.99. The van der Waals surface area contributed by atoms with Gasteiger partial charge in [-0.3, -0.25) is 9.59 Å². The monoisotopic (exact) mass is 339 g/mol. The predicted molar refractivity (Wildman–Crippen MR) is 97.4 cm³/mol. The van der Waals surface area contributed by atoms with Gasteiger partial charge in [0.2, 0.25) is 5.91 Å². The molecule has 0 bridgehead atoms. The van der Waals surface area contributed by atoms with Crippen molar-refractivity contribution in [3.63, 3.8) is 0 Å². The second-order valence-corrected chi connectivity index (χ2v) is 7.51. The van der Waals surface area contributed by atoms with Crippen LogP contribution in [0, 0.1) is 5.92 Å². The fourth-order valence-electron chi connectivity index (χ4n) is 4.01. The molecule has 1 saturated heterocycles. The Kier molecular flexibility index (Phi) is 4.02. The molecule has 2 aromatic rings. The zero-order valence-corrected chi connectivity index (χ0v) is 15.0. The van der Waals surface area contributed by atoms with E-state index in [0.29, 0.717) is 12.5 Å². The van der Waals surface area contributed by atoms with E-state index in [-0.39, 0.29) is 11.8 Å². The molecule has 1 N–H and O–H groups in total. The van der Waals surface area contributed by atoms with Gasteiger partial charge in [0.05, 0.1) is 0 Å². The molecule has 0 radical (unpaired) electrons. The number of carbonyl (C=O) groups excluding carboxylic acids is 2. The number of aromatic nitrogens is 1. The summed E-state index contributed by atoms with van der Waals surface area (Å²) in [4.78, 5) is 31.9. The Bertz CT molecular complexity index is 831. The number of amides is 2. The molecule has 1 fully saturated rings. The zero-order valence-electron chi connectivity index (χ0n) is 15.0.